The predicted octanol–water partition coefficient (Wildman–Crippen LogP) is -1.08. The Bertz CT molecular complexity index is 673. The largest absolute Gasteiger partial charge is 1.00 e. The van der Waals surface area contributed by atoms with Crippen LogP contribution in [0, 0.1) is 24.7 Å². The van der Waals surface area contributed by atoms with Gasteiger partial charge >= 0.3 is 25.0 Å². The first-order valence-corrected chi connectivity index (χ1v) is 8.46. The fraction of sp³-hybridized carbons (Fsp3) is 0.467. The number of carbonyl (C=O) groups excluding carboxylic acids is 1. The van der Waals surface area contributed by atoms with Gasteiger partial charge in [0.05, 0.1) is 11.8 Å². The number of hydrogen-bond acceptors (Lipinski definition) is 6. The fourth-order valence-electron chi connectivity index (χ4n) is 2.40. The van der Waals surface area contributed by atoms with Gasteiger partial charge in [0.1, 0.15) is 0 Å². The molecule has 1 atom stereocenters. The number of alkyl halides is 3. The average Bonchev–Trinajstić information content (AvgIpc) is 2.92. The van der Waals surface area contributed by atoms with E-state index in [4.69, 9.17) is 0 Å². The minimum absolute atomic E-state index is 0. The van der Waals surface area contributed by atoms with Crippen molar-refractivity contribution < 1.29 is 54.7 Å². The third-order valence-electron chi connectivity index (χ3n) is 3.53. The second-order valence-electron chi connectivity index (χ2n) is 5.56. The van der Waals surface area contributed by atoms with Crippen molar-refractivity contribution in [3.8, 4) is 5.75 Å². The molecule has 27 heavy (non-hydrogen) atoms. The van der Waals surface area contributed by atoms with Crippen molar-refractivity contribution in [2.75, 3.05) is 19.6 Å². The first-order chi connectivity index (χ1) is 12.0. The van der Waals surface area contributed by atoms with E-state index in [2.05, 4.69) is 13.0 Å². The van der Waals surface area contributed by atoms with Gasteiger partial charge in [-0.1, -0.05) is 0 Å². The van der Waals surface area contributed by atoms with Crippen LogP contribution in [0.15, 0.2) is 12.1 Å². The van der Waals surface area contributed by atoms with E-state index in [1.165, 1.54) is 16.9 Å². The average molecular weight is 404 g/mol. The number of benzene rings is 1. The van der Waals surface area contributed by atoms with E-state index in [1.54, 1.807) is 4.90 Å². The van der Waals surface area contributed by atoms with Gasteiger partial charge in [-0.15, -0.1) is 18.2 Å². The van der Waals surface area contributed by atoms with Crippen molar-refractivity contribution in [2.45, 2.75) is 19.0 Å². The van der Waals surface area contributed by atoms with Gasteiger partial charge in [0.25, 0.3) is 0 Å². The third-order valence-corrected chi connectivity index (χ3v) is 3.93. The number of aromatic hydroxyl groups is 1. The fourth-order valence-corrected chi connectivity index (χ4v) is 2.59. The molecule has 0 radical (unpaired) electrons. The number of halogens is 4. The van der Waals surface area contributed by atoms with Gasteiger partial charge in [-0.25, -0.2) is 4.39 Å². The van der Waals surface area contributed by atoms with Crippen LogP contribution < -0.4 is 23.6 Å². The Morgan fingerprint density at radius 1 is 1.41 bits per heavy atom. The topological polar surface area (TPSA) is 86.7 Å². The quantitative estimate of drug-likeness (QED) is 0.289. The third kappa shape index (κ3) is 10.5. The predicted molar refractivity (Wildman–Crippen MR) is 83.4 cm³/mol. The van der Waals surface area contributed by atoms with Gasteiger partial charge in [-0.2, -0.15) is 18.7 Å². The first kappa shape index (κ1) is 25.6. The van der Waals surface area contributed by atoms with Crippen molar-refractivity contribution in [1.82, 2.24) is 9.62 Å². The van der Waals surface area contributed by atoms with E-state index in [9.17, 15) is 35.9 Å². The molecule has 148 valence electrons. The molecule has 2 rings (SSSR count). The van der Waals surface area contributed by atoms with Crippen LogP contribution in [0.2, 0.25) is 0 Å². The number of phenolic OH excluding ortho intramolecular Hbond substituents is 1. The molecule has 1 aromatic rings. The van der Waals surface area contributed by atoms with Gasteiger partial charge in [-0.3, -0.25) is 0 Å². The number of phenols is 1. The molecule has 6 nitrogen and oxygen atoms in total. The first-order valence-electron chi connectivity index (χ1n) is 7.39. The summed E-state index contributed by atoms with van der Waals surface area (Å²) < 4.78 is 70.8. The number of amides is 1. The number of carbonyl (C=O) groups is 1. The molecule has 0 aliphatic carbocycles. The second kappa shape index (κ2) is 11.4. The Labute approximate surface area is 168 Å². The standard InChI is InChI=1S/C13H14F4NO.C2H3NO3S.Li/c14-11-5-9(6-12(19)7-11)1-3-18-4-2-10(8-18)13(15,16)17;1-2(4)3-7(5)6;/h5-6,10,19H,1-4,8H2;1H2,(H,3,4,5,6);/q-1;-2;+1/t10-;;/m0../s1. The number of nitrogens with one attached hydrogen (secondary N) is 1. The summed E-state index contributed by atoms with van der Waals surface area (Å²) in [5.41, 5.74) is 0.559. The molecular formula is C15H17F4LiN2O4S-2. The van der Waals surface area contributed by atoms with Gasteiger partial charge in [-0.05, 0) is 19.4 Å². The zero-order valence-electron chi connectivity index (χ0n) is 14.5. The molecule has 1 fully saturated rings. The van der Waals surface area contributed by atoms with Crippen molar-refractivity contribution in [3.05, 3.63) is 36.5 Å². The molecular weight excluding hydrogens is 387 g/mol. The van der Waals surface area contributed by atoms with Crippen LogP contribution in [0.4, 0.5) is 17.6 Å². The second-order valence-corrected chi connectivity index (χ2v) is 6.23. The summed E-state index contributed by atoms with van der Waals surface area (Å²) in [4.78, 5) is 11.4. The van der Waals surface area contributed by atoms with Crippen LogP contribution in [-0.2, 0) is 30.5 Å². The zero-order valence-corrected chi connectivity index (χ0v) is 15.3. The molecule has 1 heterocycles. The molecule has 0 unspecified atom stereocenters. The molecule has 1 amide bonds. The summed E-state index contributed by atoms with van der Waals surface area (Å²) in [6.07, 6.45) is -3.61. The molecule has 0 aromatic heterocycles. The van der Waals surface area contributed by atoms with Crippen molar-refractivity contribution in [3.63, 3.8) is 0 Å². The van der Waals surface area contributed by atoms with Crippen LogP contribution in [0.5, 0.6) is 5.75 Å². The molecule has 0 saturated carbocycles. The molecule has 0 bridgehead atoms. The van der Waals surface area contributed by atoms with E-state index in [0.717, 1.165) is 0 Å². The normalized spacial score (nSPS) is 17.0. The van der Waals surface area contributed by atoms with Crippen molar-refractivity contribution in [1.29, 1.82) is 0 Å². The zero-order chi connectivity index (χ0) is 19.9. The minimum Gasteiger partial charge on any atom is -0.534 e. The molecule has 12 heteroatoms. The summed E-state index contributed by atoms with van der Waals surface area (Å²) in [7, 11) is -2.51. The Morgan fingerprint density at radius 3 is 2.44 bits per heavy atom. The molecule has 1 aliphatic heterocycles. The maximum atomic E-state index is 13.0. The Kier molecular flexibility index (Phi) is 10.8. The summed E-state index contributed by atoms with van der Waals surface area (Å²) >= 11 is 0. The summed E-state index contributed by atoms with van der Waals surface area (Å²) in [5.74, 6) is -3.04. The van der Waals surface area contributed by atoms with Crippen LogP contribution in [0.3, 0.4) is 0 Å². The maximum absolute atomic E-state index is 13.0. The number of nitrogens with zero attached hydrogens (tertiary/aromatic N) is 1. The van der Waals surface area contributed by atoms with E-state index in [0.29, 0.717) is 25.1 Å². The summed E-state index contributed by atoms with van der Waals surface area (Å²) in [5, 5.41) is 9.18. The smallest absolute Gasteiger partial charge is 0.534 e. The van der Waals surface area contributed by atoms with E-state index >= 15 is 0 Å². The Hall–Kier alpha value is -1.41. The maximum Gasteiger partial charge on any atom is 1.00 e. The van der Waals surface area contributed by atoms with E-state index in [-0.39, 0.29) is 37.6 Å². The van der Waals surface area contributed by atoms with Crippen LogP contribution in [0.1, 0.15) is 12.0 Å². The molecule has 1 aliphatic rings. The van der Waals surface area contributed by atoms with E-state index < -0.39 is 34.7 Å². The number of rotatable bonds is 4. The number of likely N-dealkylation sites (tertiary alicyclic amines) is 1. The van der Waals surface area contributed by atoms with Crippen LogP contribution in [-0.4, -0.2) is 41.7 Å². The minimum atomic E-state index is -4.14. The van der Waals surface area contributed by atoms with E-state index in [1.807, 2.05) is 0 Å². The van der Waals surface area contributed by atoms with Gasteiger partial charge in [0.2, 0.25) is 0 Å². The SMILES string of the molecule is Oc1[c-]c(F)cc(CCN2CC[C@H](C(F)(F)F)C2)c1.[CH2-]C(=O)N[S-](=O)=O.[Li+]. The van der Waals surface area contributed by atoms with Crippen LogP contribution in [0.25, 0.3) is 0 Å². The molecule has 0 spiro atoms. The summed E-state index contributed by atoms with van der Waals surface area (Å²) in [6.45, 7) is 3.56. The monoisotopic (exact) mass is 404 g/mol. The van der Waals surface area contributed by atoms with Gasteiger partial charge in [0, 0.05) is 35.5 Å². The molecule has 1 aromatic carbocycles. The van der Waals surface area contributed by atoms with Gasteiger partial charge in [0.15, 0.2) is 0 Å². The number of hydrogen-bond donors (Lipinski definition) is 2. The molecule has 2 N–H and O–H groups in total. The van der Waals surface area contributed by atoms with Crippen molar-refractivity contribution >= 4 is 16.8 Å². The molecule has 1 saturated heterocycles. The van der Waals surface area contributed by atoms with Gasteiger partial charge < -0.3 is 34.9 Å². The van der Waals surface area contributed by atoms with Crippen LogP contribution >= 0.6 is 0 Å². The van der Waals surface area contributed by atoms with Crippen molar-refractivity contribution in [2.24, 2.45) is 5.92 Å². The summed E-state index contributed by atoms with van der Waals surface area (Å²) in [6, 6.07) is 4.70. The Morgan fingerprint density at radius 2 is 2.04 bits per heavy atom. The Balaban J connectivity index is 0.000000728.